The van der Waals surface area contributed by atoms with Crippen molar-refractivity contribution in [1.29, 1.82) is 5.26 Å². The molecule has 23 heavy (non-hydrogen) atoms. The first-order valence-electron chi connectivity index (χ1n) is 6.71. The highest BCUT2D eigenvalue weighted by Crippen LogP contribution is 2.25. The normalized spacial score (nSPS) is 10.1. The number of anilines is 1. The minimum Gasteiger partial charge on any atom is -0.443 e. The highest BCUT2D eigenvalue weighted by atomic mass is 16.4. The van der Waals surface area contributed by atoms with E-state index in [2.05, 4.69) is 20.8 Å². The molecular formula is C15H12N6O2. The summed E-state index contributed by atoms with van der Waals surface area (Å²) in [4.78, 5) is 20.2. The molecule has 0 saturated heterocycles. The van der Waals surface area contributed by atoms with Crippen LogP contribution in [0.25, 0.3) is 5.88 Å². The Kier molecular flexibility index (Phi) is 3.76. The molecule has 3 aromatic heterocycles. The number of carbonyl (C=O) groups is 1. The van der Waals surface area contributed by atoms with Crippen molar-refractivity contribution in [2.24, 2.45) is 0 Å². The average molecular weight is 308 g/mol. The lowest BCUT2D eigenvalue weighted by Crippen LogP contribution is -2.31. The summed E-state index contributed by atoms with van der Waals surface area (Å²) in [5.41, 5.74) is 5.37. The molecule has 0 aliphatic heterocycles. The molecule has 0 radical (unpaired) electrons. The van der Waals surface area contributed by atoms with Crippen LogP contribution in [0.5, 0.6) is 0 Å². The number of hydrogen-bond acceptors (Lipinski definition) is 6. The quantitative estimate of drug-likeness (QED) is 0.711. The summed E-state index contributed by atoms with van der Waals surface area (Å²) in [7, 11) is 0. The smallest absolute Gasteiger partial charge is 0.274 e. The van der Waals surface area contributed by atoms with Crippen molar-refractivity contribution in [2.45, 2.75) is 6.92 Å². The van der Waals surface area contributed by atoms with Crippen LogP contribution < -0.4 is 10.9 Å². The average Bonchev–Trinajstić information content (AvgIpc) is 3.20. The summed E-state index contributed by atoms with van der Waals surface area (Å²) in [6.45, 7) is 1.63. The van der Waals surface area contributed by atoms with Gasteiger partial charge in [0.25, 0.3) is 5.91 Å². The van der Waals surface area contributed by atoms with Gasteiger partial charge < -0.3 is 4.42 Å². The molecule has 0 bridgehead atoms. The first-order valence-corrected chi connectivity index (χ1v) is 6.71. The van der Waals surface area contributed by atoms with Gasteiger partial charge in [-0.2, -0.15) is 5.26 Å². The monoisotopic (exact) mass is 308 g/mol. The van der Waals surface area contributed by atoms with Gasteiger partial charge >= 0.3 is 0 Å². The number of hydrazine groups is 1. The molecule has 0 aromatic carbocycles. The van der Waals surface area contributed by atoms with Crippen LogP contribution in [-0.2, 0) is 0 Å². The van der Waals surface area contributed by atoms with Gasteiger partial charge in [0.2, 0.25) is 11.8 Å². The number of nitrogens with zero attached hydrogens (tertiary/aromatic N) is 4. The van der Waals surface area contributed by atoms with Gasteiger partial charge in [0, 0.05) is 24.8 Å². The fraction of sp³-hybridized carbons (Fsp3) is 0.0667. The fourth-order valence-electron chi connectivity index (χ4n) is 2.10. The number of nitriles is 1. The SMILES string of the molecule is Cc1oc(-n2cccc2)c(C#N)c1C(=O)NNc1ncccn1. The maximum absolute atomic E-state index is 12.4. The van der Waals surface area contributed by atoms with Gasteiger partial charge in [-0.3, -0.25) is 20.2 Å². The lowest BCUT2D eigenvalue weighted by molar-refractivity contribution is 0.0960. The van der Waals surface area contributed by atoms with Crippen LogP contribution in [0.15, 0.2) is 47.4 Å². The van der Waals surface area contributed by atoms with Gasteiger partial charge in [0.1, 0.15) is 23.0 Å². The molecule has 1 amide bonds. The molecular weight excluding hydrogens is 296 g/mol. The van der Waals surface area contributed by atoms with E-state index in [4.69, 9.17) is 4.42 Å². The topological polar surface area (TPSA) is 109 Å². The zero-order chi connectivity index (χ0) is 16.2. The Bertz CT molecular complexity index is 862. The highest BCUT2D eigenvalue weighted by molar-refractivity contribution is 5.99. The van der Waals surface area contributed by atoms with E-state index in [1.54, 1.807) is 42.1 Å². The van der Waals surface area contributed by atoms with Gasteiger partial charge in [-0.15, -0.1) is 0 Å². The molecule has 3 aromatic rings. The Labute approximate surface area is 131 Å². The minimum atomic E-state index is -0.506. The Hall–Kier alpha value is -3.60. The zero-order valence-corrected chi connectivity index (χ0v) is 12.1. The number of rotatable bonds is 4. The van der Waals surface area contributed by atoms with Crippen molar-refractivity contribution in [1.82, 2.24) is 20.0 Å². The molecule has 0 atom stereocenters. The van der Waals surface area contributed by atoms with Crippen LogP contribution in [0.3, 0.4) is 0 Å². The van der Waals surface area contributed by atoms with E-state index < -0.39 is 5.91 Å². The summed E-state index contributed by atoms with van der Waals surface area (Å²) in [5.74, 6) is 0.384. The lowest BCUT2D eigenvalue weighted by atomic mass is 10.1. The summed E-state index contributed by atoms with van der Waals surface area (Å²) >= 11 is 0. The third-order valence-electron chi connectivity index (χ3n) is 3.10. The Morgan fingerprint density at radius 3 is 2.61 bits per heavy atom. The third-order valence-corrected chi connectivity index (χ3v) is 3.10. The van der Waals surface area contributed by atoms with Crippen LogP contribution in [-0.4, -0.2) is 20.4 Å². The number of nitrogens with one attached hydrogen (secondary N) is 2. The Balaban J connectivity index is 1.88. The molecule has 3 rings (SSSR count). The van der Waals surface area contributed by atoms with Gasteiger partial charge in [0.15, 0.2) is 0 Å². The van der Waals surface area contributed by atoms with Gasteiger partial charge in [0.05, 0.1) is 0 Å². The van der Waals surface area contributed by atoms with E-state index in [0.717, 1.165) is 0 Å². The molecule has 3 heterocycles. The van der Waals surface area contributed by atoms with Gasteiger partial charge in [-0.05, 0) is 25.1 Å². The van der Waals surface area contributed by atoms with Crippen molar-refractivity contribution in [3.05, 3.63) is 59.9 Å². The van der Waals surface area contributed by atoms with Crippen LogP contribution in [0.1, 0.15) is 21.7 Å². The largest absolute Gasteiger partial charge is 0.443 e. The molecule has 0 saturated carbocycles. The summed E-state index contributed by atoms with van der Waals surface area (Å²) in [6.07, 6.45) is 6.54. The predicted octanol–water partition coefficient (Wildman–Crippen LogP) is 1.80. The molecule has 114 valence electrons. The fourth-order valence-corrected chi connectivity index (χ4v) is 2.10. The summed E-state index contributed by atoms with van der Waals surface area (Å²) in [6, 6.07) is 7.27. The van der Waals surface area contributed by atoms with Crippen molar-refractivity contribution >= 4 is 11.9 Å². The molecule has 0 aliphatic rings. The van der Waals surface area contributed by atoms with Crippen molar-refractivity contribution in [3.8, 4) is 12.0 Å². The second-order valence-electron chi connectivity index (χ2n) is 4.57. The van der Waals surface area contributed by atoms with E-state index in [9.17, 15) is 10.1 Å². The maximum Gasteiger partial charge on any atom is 0.274 e. The van der Waals surface area contributed by atoms with E-state index in [1.807, 2.05) is 6.07 Å². The molecule has 0 unspecified atom stereocenters. The van der Waals surface area contributed by atoms with Crippen LogP contribution in [0, 0.1) is 18.3 Å². The van der Waals surface area contributed by atoms with E-state index >= 15 is 0 Å². The molecule has 8 nitrogen and oxygen atoms in total. The second-order valence-corrected chi connectivity index (χ2v) is 4.57. The number of hydrogen-bond donors (Lipinski definition) is 2. The minimum absolute atomic E-state index is 0.159. The molecule has 0 aliphatic carbocycles. The molecule has 0 spiro atoms. The maximum atomic E-state index is 12.4. The summed E-state index contributed by atoms with van der Waals surface area (Å²) in [5, 5.41) is 9.40. The third kappa shape index (κ3) is 2.75. The number of aryl methyl sites for hydroxylation is 1. The van der Waals surface area contributed by atoms with Crippen molar-refractivity contribution < 1.29 is 9.21 Å². The number of aromatic nitrogens is 3. The summed E-state index contributed by atoms with van der Waals surface area (Å²) < 4.78 is 7.21. The lowest BCUT2D eigenvalue weighted by Gasteiger charge is -2.05. The zero-order valence-electron chi connectivity index (χ0n) is 12.1. The van der Waals surface area contributed by atoms with Gasteiger partial charge in [-0.1, -0.05) is 0 Å². The molecule has 2 N–H and O–H groups in total. The number of carbonyl (C=O) groups excluding carboxylic acids is 1. The van der Waals surface area contributed by atoms with E-state index in [1.165, 1.54) is 12.4 Å². The van der Waals surface area contributed by atoms with Gasteiger partial charge in [-0.25, -0.2) is 9.97 Å². The Morgan fingerprint density at radius 2 is 1.96 bits per heavy atom. The molecule has 8 heteroatoms. The number of furan rings is 1. The van der Waals surface area contributed by atoms with Crippen LogP contribution in [0.4, 0.5) is 5.95 Å². The first-order chi connectivity index (χ1) is 11.2. The second kappa shape index (κ2) is 6.03. The Morgan fingerprint density at radius 1 is 1.26 bits per heavy atom. The van der Waals surface area contributed by atoms with Crippen LogP contribution in [0.2, 0.25) is 0 Å². The van der Waals surface area contributed by atoms with Crippen LogP contribution >= 0.6 is 0 Å². The molecule has 0 fully saturated rings. The highest BCUT2D eigenvalue weighted by Gasteiger charge is 2.24. The first kappa shape index (κ1) is 14.3. The van der Waals surface area contributed by atoms with E-state index in [0.29, 0.717) is 11.6 Å². The van der Waals surface area contributed by atoms with Crippen molar-refractivity contribution in [3.63, 3.8) is 0 Å². The standard InChI is InChI=1S/C15H12N6O2/c1-10-12(13(22)19-20-15-17-5-4-6-18-15)11(9-16)14(23-10)21-7-2-3-8-21/h2-8H,1H3,(H,19,22)(H,17,18,20). The predicted molar refractivity (Wildman–Crippen MR) is 80.6 cm³/mol. The number of amides is 1. The van der Waals surface area contributed by atoms with E-state index in [-0.39, 0.29) is 17.1 Å². The van der Waals surface area contributed by atoms with Crippen molar-refractivity contribution in [2.75, 3.05) is 5.43 Å².